The number of nitrogens with zero attached hydrogens (tertiary/aromatic N) is 3. The molecule has 7 nitrogen and oxygen atoms in total. The van der Waals surface area contributed by atoms with Gasteiger partial charge in [-0.15, -0.1) is 0 Å². The lowest BCUT2D eigenvalue weighted by Crippen LogP contribution is -2.27. The quantitative estimate of drug-likeness (QED) is 0.909. The molecule has 0 aromatic carbocycles. The van der Waals surface area contributed by atoms with Crippen LogP contribution in [0.4, 0.5) is 5.82 Å². The molecule has 0 saturated carbocycles. The van der Waals surface area contributed by atoms with E-state index in [4.69, 9.17) is 4.74 Å². The smallest absolute Gasteiger partial charge is 0.282 e. The van der Waals surface area contributed by atoms with E-state index in [1.807, 2.05) is 13.8 Å². The van der Waals surface area contributed by atoms with Gasteiger partial charge in [-0.2, -0.15) is 13.4 Å². The first-order valence-electron chi connectivity index (χ1n) is 6.41. The molecule has 0 radical (unpaired) electrons. The number of hydrogen-bond acceptors (Lipinski definition) is 5. The van der Waals surface area contributed by atoms with E-state index in [1.165, 1.54) is 20.4 Å². The van der Waals surface area contributed by atoms with Crippen LogP contribution >= 0.6 is 0 Å². The summed E-state index contributed by atoms with van der Waals surface area (Å²) in [4.78, 5) is 11.0. The molecule has 21 heavy (non-hydrogen) atoms. The van der Waals surface area contributed by atoms with E-state index < -0.39 is 10.0 Å². The van der Waals surface area contributed by atoms with Gasteiger partial charge in [0.25, 0.3) is 10.0 Å². The van der Waals surface area contributed by atoms with Crippen molar-refractivity contribution >= 4 is 15.8 Å². The van der Waals surface area contributed by atoms with Crippen LogP contribution in [-0.2, 0) is 10.0 Å². The summed E-state index contributed by atoms with van der Waals surface area (Å²) >= 11 is 0. The number of H-pyrrole nitrogens is 1. The number of pyridine rings is 1. The molecule has 0 amide bonds. The number of nitrogens with one attached hydrogen (secondary N) is 1. The van der Waals surface area contributed by atoms with Gasteiger partial charge in [0, 0.05) is 19.0 Å². The number of sulfonamides is 1. The molecule has 0 atom stereocenters. The topological polar surface area (TPSA) is 88.2 Å². The van der Waals surface area contributed by atoms with Gasteiger partial charge in [-0.1, -0.05) is 19.9 Å². The van der Waals surface area contributed by atoms with Gasteiger partial charge in [0.1, 0.15) is 11.6 Å². The third-order valence-electron chi connectivity index (χ3n) is 3.00. The lowest BCUT2D eigenvalue weighted by atomic mass is 10.2. The Hall–Kier alpha value is -2.09. The van der Waals surface area contributed by atoms with Crippen LogP contribution in [0.15, 0.2) is 29.4 Å². The van der Waals surface area contributed by atoms with E-state index in [1.54, 1.807) is 18.2 Å². The van der Waals surface area contributed by atoms with Gasteiger partial charge in [0.2, 0.25) is 5.88 Å². The summed E-state index contributed by atoms with van der Waals surface area (Å²) in [6.45, 7) is 3.87. The normalized spacial score (nSPS) is 11.7. The van der Waals surface area contributed by atoms with Crippen molar-refractivity contribution in [3.63, 3.8) is 0 Å². The van der Waals surface area contributed by atoms with Gasteiger partial charge < -0.3 is 9.72 Å². The average molecular weight is 310 g/mol. The number of rotatable bonds is 5. The standard InChI is InChI=1S/C13H18N4O3S/c1-9(2)13-14-8-12(16-13)21(18,19)17(3)10-6-5-7-11(15-10)20-4/h5-9H,1-4H3,(H,14,16). The molecule has 0 saturated heterocycles. The van der Waals surface area contributed by atoms with E-state index in [0.29, 0.717) is 11.7 Å². The number of ether oxygens (including phenoxy) is 1. The molecule has 0 unspecified atom stereocenters. The predicted octanol–water partition coefficient (Wildman–Crippen LogP) is 1.76. The summed E-state index contributed by atoms with van der Waals surface area (Å²) in [5.41, 5.74) is 0. The fourth-order valence-electron chi connectivity index (χ4n) is 1.71. The van der Waals surface area contributed by atoms with Crippen molar-refractivity contribution in [1.29, 1.82) is 0 Å². The Labute approximate surface area is 124 Å². The predicted molar refractivity (Wildman–Crippen MR) is 79.1 cm³/mol. The highest BCUT2D eigenvalue weighted by molar-refractivity contribution is 7.92. The Morgan fingerprint density at radius 2 is 2.05 bits per heavy atom. The Morgan fingerprint density at radius 1 is 1.33 bits per heavy atom. The van der Waals surface area contributed by atoms with E-state index >= 15 is 0 Å². The molecule has 2 aromatic rings. The lowest BCUT2D eigenvalue weighted by molar-refractivity contribution is 0.398. The largest absolute Gasteiger partial charge is 0.481 e. The van der Waals surface area contributed by atoms with Crippen molar-refractivity contribution in [2.24, 2.45) is 0 Å². The van der Waals surface area contributed by atoms with Gasteiger partial charge in [0.15, 0.2) is 5.03 Å². The van der Waals surface area contributed by atoms with Crippen molar-refractivity contribution in [3.8, 4) is 5.88 Å². The van der Waals surface area contributed by atoms with E-state index in [0.717, 1.165) is 4.31 Å². The monoisotopic (exact) mass is 310 g/mol. The van der Waals surface area contributed by atoms with Crippen molar-refractivity contribution in [2.45, 2.75) is 24.8 Å². The summed E-state index contributed by atoms with van der Waals surface area (Å²) in [6, 6.07) is 4.93. The first-order valence-corrected chi connectivity index (χ1v) is 7.85. The molecule has 2 heterocycles. The molecular formula is C13H18N4O3S. The number of methoxy groups -OCH3 is 1. The Bertz CT molecular complexity index is 725. The Kier molecular flexibility index (Phi) is 4.17. The molecule has 0 aliphatic carbocycles. The second-order valence-corrected chi connectivity index (χ2v) is 6.74. The second kappa shape index (κ2) is 5.72. The summed E-state index contributed by atoms with van der Waals surface area (Å²) in [5, 5.41) is 0.0401. The zero-order valence-electron chi connectivity index (χ0n) is 12.4. The van der Waals surface area contributed by atoms with Crippen LogP contribution in [-0.4, -0.2) is 37.5 Å². The summed E-state index contributed by atoms with van der Waals surface area (Å²) in [7, 11) is -0.818. The zero-order valence-corrected chi connectivity index (χ0v) is 13.2. The highest BCUT2D eigenvalue weighted by Crippen LogP contribution is 2.22. The molecule has 0 spiro atoms. The Morgan fingerprint density at radius 3 is 2.62 bits per heavy atom. The maximum absolute atomic E-state index is 12.5. The average Bonchev–Trinajstić information content (AvgIpc) is 2.97. The highest BCUT2D eigenvalue weighted by atomic mass is 32.2. The third kappa shape index (κ3) is 2.99. The molecule has 8 heteroatoms. The van der Waals surface area contributed by atoms with E-state index in [-0.39, 0.29) is 16.8 Å². The van der Waals surface area contributed by atoms with Crippen molar-refractivity contribution in [1.82, 2.24) is 15.0 Å². The van der Waals surface area contributed by atoms with Gasteiger partial charge in [-0.3, -0.25) is 4.31 Å². The fourth-order valence-corrected chi connectivity index (χ4v) is 2.77. The minimum Gasteiger partial charge on any atom is -0.481 e. The van der Waals surface area contributed by atoms with E-state index in [2.05, 4.69) is 15.0 Å². The molecule has 2 aromatic heterocycles. The highest BCUT2D eigenvalue weighted by Gasteiger charge is 2.25. The second-order valence-electron chi connectivity index (χ2n) is 4.80. The van der Waals surface area contributed by atoms with Crippen LogP contribution in [0.2, 0.25) is 0 Å². The van der Waals surface area contributed by atoms with Crippen LogP contribution in [0.25, 0.3) is 0 Å². The van der Waals surface area contributed by atoms with Crippen LogP contribution in [0.3, 0.4) is 0 Å². The van der Waals surface area contributed by atoms with Crippen LogP contribution in [0.5, 0.6) is 5.88 Å². The number of imidazole rings is 1. The molecule has 0 aliphatic heterocycles. The summed E-state index contributed by atoms with van der Waals surface area (Å²) < 4.78 is 31.2. The molecule has 0 fully saturated rings. The van der Waals surface area contributed by atoms with Crippen molar-refractivity contribution < 1.29 is 13.2 Å². The molecule has 0 aliphatic rings. The van der Waals surface area contributed by atoms with Crippen LogP contribution in [0.1, 0.15) is 25.6 Å². The van der Waals surface area contributed by atoms with Crippen molar-refractivity contribution in [3.05, 3.63) is 30.2 Å². The van der Waals surface area contributed by atoms with Gasteiger partial charge in [0.05, 0.1) is 13.3 Å². The van der Waals surface area contributed by atoms with E-state index in [9.17, 15) is 8.42 Å². The molecular weight excluding hydrogens is 292 g/mol. The van der Waals surface area contributed by atoms with Crippen LogP contribution in [0, 0.1) is 0 Å². The molecule has 2 rings (SSSR count). The minimum absolute atomic E-state index is 0.0401. The first kappa shape index (κ1) is 15.3. The number of aromatic nitrogens is 3. The fraction of sp³-hybridized carbons (Fsp3) is 0.385. The first-order chi connectivity index (χ1) is 9.86. The summed E-state index contributed by atoms with van der Waals surface area (Å²) in [6.07, 6.45) is 1.32. The van der Waals surface area contributed by atoms with Crippen LogP contribution < -0.4 is 9.04 Å². The number of hydrogen-bond donors (Lipinski definition) is 1. The Balaban J connectivity index is 2.37. The maximum atomic E-state index is 12.5. The maximum Gasteiger partial charge on any atom is 0.282 e. The van der Waals surface area contributed by atoms with Gasteiger partial charge in [-0.05, 0) is 6.07 Å². The SMILES string of the molecule is COc1cccc(N(C)S(=O)(=O)c2cnc(C(C)C)[nH]2)n1. The number of anilines is 1. The molecule has 1 N–H and O–H groups in total. The molecule has 114 valence electrons. The van der Waals surface area contributed by atoms with Gasteiger partial charge in [-0.25, -0.2) is 4.98 Å². The third-order valence-corrected chi connectivity index (χ3v) is 4.67. The summed E-state index contributed by atoms with van der Waals surface area (Å²) in [5.74, 6) is 1.37. The lowest BCUT2D eigenvalue weighted by Gasteiger charge is -2.17. The molecule has 0 bridgehead atoms. The minimum atomic E-state index is -3.73. The zero-order chi connectivity index (χ0) is 15.6. The van der Waals surface area contributed by atoms with Gasteiger partial charge >= 0.3 is 0 Å². The van der Waals surface area contributed by atoms with Crippen molar-refractivity contribution in [2.75, 3.05) is 18.5 Å². The number of aromatic amines is 1.